The predicted molar refractivity (Wildman–Crippen MR) is 62.3 cm³/mol. The van der Waals surface area contributed by atoms with Crippen molar-refractivity contribution in [2.45, 2.75) is 25.9 Å². The van der Waals surface area contributed by atoms with Gasteiger partial charge in [0.2, 0.25) is 0 Å². The first kappa shape index (κ1) is 13.6. The summed E-state index contributed by atoms with van der Waals surface area (Å²) in [4.78, 5) is 11.1. The number of hydrogen-bond acceptors (Lipinski definition) is 2. The van der Waals surface area contributed by atoms with E-state index in [9.17, 15) is 9.18 Å². The van der Waals surface area contributed by atoms with Gasteiger partial charge in [-0.05, 0) is 31.4 Å². The molecule has 0 aliphatic rings. The maximum Gasteiger partial charge on any atom is 0.306 e. The summed E-state index contributed by atoms with van der Waals surface area (Å²) in [6.45, 7) is 1.80. The van der Waals surface area contributed by atoms with Crippen LogP contribution < -0.4 is 0 Å². The van der Waals surface area contributed by atoms with Crippen molar-refractivity contribution >= 4 is 5.97 Å². The molecular weight excluding hydrogens is 223 g/mol. The Bertz CT molecular complexity index is 379. The fourth-order valence-corrected chi connectivity index (χ4v) is 1.70. The number of rotatable bonds is 6. The molecule has 94 valence electrons. The van der Waals surface area contributed by atoms with Crippen molar-refractivity contribution in [1.29, 1.82) is 0 Å². The Morgan fingerprint density at radius 2 is 2.12 bits per heavy atom. The quantitative estimate of drug-likeness (QED) is 0.831. The van der Waals surface area contributed by atoms with Crippen molar-refractivity contribution in [2.75, 3.05) is 7.11 Å². The first-order valence-corrected chi connectivity index (χ1v) is 5.53. The van der Waals surface area contributed by atoms with Crippen molar-refractivity contribution < 1.29 is 19.0 Å². The third kappa shape index (κ3) is 4.15. The van der Waals surface area contributed by atoms with E-state index in [4.69, 9.17) is 9.84 Å². The monoisotopic (exact) mass is 240 g/mol. The number of halogens is 1. The average molecular weight is 240 g/mol. The number of carbonyl (C=O) groups is 1. The van der Waals surface area contributed by atoms with E-state index in [0.29, 0.717) is 12.0 Å². The summed E-state index contributed by atoms with van der Waals surface area (Å²) in [5, 5.41) is 9.09. The summed E-state index contributed by atoms with van der Waals surface area (Å²) in [5.41, 5.74) is 0.434. The molecule has 1 N–H and O–H groups in total. The molecule has 0 aliphatic carbocycles. The van der Waals surface area contributed by atoms with E-state index in [1.54, 1.807) is 25.1 Å². The molecule has 1 aromatic rings. The highest BCUT2D eigenvalue weighted by atomic mass is 19.1. The molecule has 0 bridgehead atoms. The van der Waals surface area contributed by atoms with Gasteiger partial charge in [0.1, 0.15) is 5.82 Å². The molecule has 2 atom stereocenters. The largest absolute Gasteiger partial charge is 0.481 e. The zero-order valence-electron chi connectivity index (χ0n) is 10.0. The molecule has 17 heavy (non-hydrogen) atoms. The summed E-state index contributed by atoms with van der Waals surface area (Å²) in [7, 11) is 1.53. The van der Waals surface area contributed by atoms with Gasteiger partial charge in [0, 0.05) is 7.11 Å². The molecule has 0 heterocycles. The maximum atomic E-state index is 13.4. The van der Waals surface area contributed by atoms with Crippen molar-refractivity contribution in [3.63, 3.8) is 0 Å². The molecule has 3 nitrogen and oxygen atoms in total. The summed E-state index contributed by atoms with van der Waals surface area (Å²) in [6, 6.07) is 6.25. The average Bonchev–Trinajstić information content (AvgIpc) is 2.30. The zero-order valence-corrected chi connectivity index (χ0v) is 10.0. The third-order valence-corrected chi connectivity index (χ3v) is 2.79. The molecule has 0 spiro atoms. The fraction of sp³-hybridized carbons (Fsp3) is 0.462. The van der Waals surface area contributed by atoms with Gasteiger partial charge in [0.05, 0.1) is 12.0 Å². The van der Waals surface area contributed by atoms with Gasteiger partial charge in [-0.2, -0.15) is 0 Å². The molecular formula is C13H17FO3. The van der Waals surface area contributed by atoms with Crippen LogP contribution in [0.4, 0.5) is 4.39 Å². The van der Waals surface area contributed by atoms with Crippen LogP contribution in [0.5, 0.6) is 0 Å². The highest BCUT2D eigenvalue weighted by Gasteiger charge is 2.22. The smallest absolute Gasteiger partial charge is 0.306 e. The van der Waals surface area contributed by atoms with Crippen molar-refractivity contribution in [1.82, 2.24) is 0 Å². The van der Waals surface area contributed by atoms with E-state index in [1.165, 1.54) is 13.2 Å². The van der Waals surface area contributed by atoms with E-state index in [1.807, 2.05) is 0 Å². The van der Waals surface area contributed by atoms with Gasteiger partial charge in [-0.15, -0.1) is 0 Å². The SMILES string of the molecule is COC(C)CC(Cc1ccccc1F)C(=O)O. The Morgan fingerprint density at radius 3 is 2.65 bits per heavy atom. The lowest BCUT2D eigenvalue weighted by Crippen LogP contribution is -2.22. The summed E-state index contributed by atoms with van der Waals surface area (Å²) < 4.78 is 18.5. The van der Waals surface area contributed by atoms with E-state index < -0.39 is 11.9 Å². The molecule has 0 aromatic heterocycles. The first-order valence-electron chi connectivity index (χ1n) is 5.53. The van der Waals surface area contributed by atoms with Gasteiger partial charge in [-0.25, -0.2) is 4.39 Å². The Balaban J connectivity index is 2.74. The second kappa shape index (κ2) is 6.35. The van der Waals surface area contributed by atoms with Crippen LogP contribution in [-0.4, -0.2) is 24.3 Å². The Labute approximate surface area is 100 Å². The predicted octanol–water partition coefficient (Wildman–Crippen LogP) is 2.49. The summed E-state index contributed by atoms with van der Waals surface area (Å²) in [5.74, 6) is -1.90. The first-order chi connectivity index (χ1) is 8.04. The maximum absolute atomic E-state index is 13.4. The van der Waals surface area contributed by atoms with Gasteiger partial charge in [0.25, 0.3) is 0 Å². The molecule has 0 saturated carbocycles. The topological polar surface area (TPSA) is 46.5 Å². The van der Waals surface area contributed by atoms with Gasteiger partial charge >= 0.3 is 5.97 Å². The van der Waals surface area contributed by atoms with Gasteiger partial charge < -0.3 is 9.84 Å². The molecule has 0 fully saturated rings. The molecule has 1 rings (SSSR count). The number of aliphatic carboxylic acids is 1. The van der Waals surface area contributed by atoms with Gasteiger partial charge in [-0.3, -0.25) is 4.79 Å². The van der Waals surface area contributed by atoms with Crippen LogP contribution in [-0.2, 0) is 16.0 Å². The van der Waals surface area contributed by atoms with Crippen LogP contribution in [0.25, 0.3) is 0 Å². The van der Waals surface area contributed by atoms with Crippen LogP contribution in [0.15, 0.2) is 24.3 Å². The molecule has 0 saturated heterocycles. The number of ether oxygens (including phenoxy) is 1. The lowest BCUT2D eigenvalue weighted by molar-refractivity contribution is -0.142. The number of carboxylic acid groups (broad SMARTS) is 1. The fourth-order valence-electron chi connectivity index (χ4n) is 1.70. The van der Waals surface area contributed by atoms with E-state index >= 15 is 0 Å². The van der Waals surface area contributed by atoms with Crippen LogP contribution >= 0.6 is 0 Å². The van der Waals surface area contributed by atoms with Crippen molar-refractivity contribution in [3.8, 4) is 0 Å². The van der Waals surface area contributed by atoms with Crippen LogP contribution in [0.2, 0.25) is 0 Å². The minimum absolute atomic E-state index is 0.150. The molecule has 0 aliphatic heterocycles. The van der Waals surface area contributed by atoms with E-state index in [-0.39, 0.29) is 18.3 Å². The van der Waals surface area contributed by atoms with Gasteiger partial charge in [0.15, 0.2) is 0 Å². The van der Waals surface area contributed by atoms with E-state index in [0.717, 1.165) is 0 Å². The number of hydrogen-bond donors (Lipinski definition) is 1. The number of benzene rings is 1. The number of methoxy groups -OCH3 is 1. The van der Waals surface area contributed by atoms with Crippen LogP contribution in [0.1, 0.15) is 18.9 Å². The molecule has 1 aromatic carbocycles. The zero-order chi connectivity index (χ0) is 12.8. The normalized spacial score (nSPS) is 14.3. The second-order valence-corrected chi connectivity index (χ2v) is 4.11. The molecule has 0 amide bonds. The lowest BCUT2D eigenvalue weighted by atomic mass is 9.94. The molecule has 0 radical (unpaired) electrons. The van der Waals surface area contributed by atoms with Crippen molar-refractivity contribution in [2.24, 2.45) is 5.92 Å². The highest BCUT2D eigenvalue weighted by Crippen LogP contribution is 2.18. The van der Waals surface area contributed by atoms with Crippen molar-refractivity contribution in [3.05, 3.63) is 35.6 Å². The van der Waals surface area contributed by atoms with Gasteiger partial charge in [-0.1, -0.05) is 18.2 Å². The van der Waals surface area contributed by atoms with Crippen LogP contribution in [0, 0.1) is 11.7 Å². The highest BCUT2D eigenvalue weighted by molar-refractivity contribution is 5.70. The summed E-state index contributed by atoms with van der Waals surface area (Å²) in [6.07, 6.45) is 0.415. The number of carboxylic acids is 1. The lowest BCUT2D eigenvalue weighted by Gasteiger charge is -2.16. The minimum Gasteiger partial charge on any atom is -0.481 e. The van der Waals surface area contributed by atoms with E-state index in [2.05, 4.69) is 0 Å². The standard InChI is InChI=1S/C13H17FO3/c1-9(17-2)7-11(13(15)16)8-10-5-3-4-6-12(10)14/h3-6,9,11H,7-8H2,1-2H3,(H,15,16). The molecule has 2 unspecified atom stereocenters. The summed E-state index contributed by atoms with van der Waals surface area (Å²) >= 11 is 0. The Kier molecular flexibility index (Phi) is 5.10. The Hall–Kier alpha value is -1.42. The minimum atomic E-state index is -0.919. The Morgan fingerprint density at radius 1 is 1.47 bits per heavy atom. The third-order valence-electron chi connectivity index (χ3n) is 2.79. The molecule has 4 heteroatoms. The van der Waals surface area contributed by atoms with Crippen LogP contribution in [0.3, 0.4) is 0 Å². The second-order valence-electron chi connectivity index (χ2n) is 4.11.